The van der Waals surface area contributed by atoms with E-state index in [1.165, 1.54) is 0 Å². The molecule has 0 aromatic heterocycles. The zero-order valence-electron chi connectivity index (χ0n) is 8.84. The number of rotatable bonds is 2. The number of likely N-dealkylation sites (tertiary alicyclic amines) is 1. The lowest BCUT2D eigenvalue weighted by molar-refractivity contribution is -0.126. The summed E-state index contributed by atoms with van der Waals surface area (Å²) in [5.41, 5.74) is 0. The van der Waals surface area contributed by atoms with Gasteiger partial charge in [0.25, 0.3) is 0 Å². The fraction of sp³-hybridized carbons (Fsp3) is 0.900. The molecule has 1 rings (SSSR count). The van der Waals surface area contributed by atoms with Crippen molar-refractivity contribution in [2.45, 2.75) is 32.7 Å². The molecule has 1 atom stereocenters. The van der Waals surface area contributed by atoms with Crippen molar-refractivity contribution in [3.05, 3.63) is 0 Å². The molecule has 0 unspecified atom stereocenters. The molecule has 3 nitrogen and oxygen atoms in total. The van der Waals surface area contributed by atoms with E-state index in [-0.39, 0.29) is 13.3 Å². The molecule has 3 heteroatoms. The zero-order valence-corrected chi connectivity index (χ0v) is 8.84. The van der Waals surface area contributed by atoms with Gasteiger partial charge in [0.1, 0.15) is 0 Å². The Bertz CT molecular complexity index is 185. The highest BCUT2D eigenvalue weighted by molar-refractivity contribution is 5.78. The van der Waals surface area contributed by atoms with E-state index in [0.717, 1.165) is 25.9 Å². The van der Waals surface area contributed by atoms with E-state index in [2.05, 4.69) is 24.1 Å². The van der Waals surface area contributed by atoms with Crippen molar-refractivity contribution in [1.82, 2.24) is 10.2 Å². The summed E-state index contributed by atoms with van der Waals surface area (Å²) in [6.45, 7) is 6.45. The molecule has 0 saturated carbocycles. The molecule has 1 N–H and O–H groups in total. The summed E-state index contributed by atoms with van der Waals surface area (Å²) >= 11 is 0. The number of nitrogens with one attached hydrogen (secondary N) is 1. The van der Waals surface area contributed by atoms with Crippen LogP contribution >= 0.6 is 0 Å². The first kappa shape index (κ1) is 10.5. The molecule has 0 aliphatic carbocycles. The monoisotopic (exact) mass is 186 g/mol. The summed E-state index contributed by atoms with van der Waals surface area (Å²) in [5.74, 6) is 0.409. The van der Waals surface area contributed by atoms with Gasteiger partial charge in [-0.2, -0.15) is 0 Å². The van der Waals surface area contributed by atoms with E-state index in [1.807, 2.05) is 0 Å². The Kier molecular flexibility index (Phi) is 3.72. The van der Waals surface area contributed by atoms with Crippen LogP contribution in [0, 0.1) is 5.92 Å². The number of hydrogen-bond acceptors (Lipinski definition) is 2. The minimum Gasteiger partial charge on any atom is -0.359 e. The maximum atomic E-state index is 11.4. The Labute approximate surface area is 82.0 Å². The Morgan fingerprint density at radius 2 is 2.31 bits per heavy atom. The minimum atomic E-state index is 0. The molecule has 1 fully saturated rings. The van der Waals surface area contributed by atoms with E-state index in [9.17, 15) is 4.79 Å². The van der Waals surface area contributed by atoms with Gasteiger partial charge in [0, 0.05) is 21.1 Å². The Morgan fingerprint density at radius 1 is 1.62 bits per heavy atom. The van der Waals surface area contributed by atoms with Crippen LogP contribution in [0.2, 0.25) is 0 Å². The lowest BCUT2D eigenvalue weighted by Crippen LogP contribution is -2.44. The molecule has 0 aromatic carbocycles. The molecule has 1 aliphatic heterocycles. The van der Waals surface area contributed by atoms with Crippen LogP contribution in [-0.2, 0) is 4.79 Å². The number of piperidine rings is 1. The molecular weight excluding hydrogens is 164 g/mol. The maximum Gasteiger partial charge on any atom is 0.224 e. The average molecular weight is 186 g/mol. The SMILES string of the molecule is CNC(=O)[C@H]1CCCN(C(C)C)C1.[HH]. The second kappa shape index (κ2) is 4.61. The molecule has 0 bridgehead atoms. The summed E-state index contributed by atoms with van der Waals surface area (Å²) in [6.07, 6.45) is 2.19. The Hall–Kier alpha value is -0.570. The van der Waals surface area contributed by atoms with Gasteiger partial charge in [-0.25, -0.2) is 0 Å². The topological polar surface area (TPSA) is 32.3 Å². The summed E-state index contributed by atoms with van der Waals surface area (Å²) in [5, 5.41) is 2.73. The van der Waals surface area contributed by atoms with Gasteiger partial charge in [-0.15, -0.1) is 0 Å². The maximum absolute atomic E-state index is 11.4. The van der Waals surface area contributed by atoms with Gasteiger partial charge in [-0.05, 0) is 33.2 Å². The Morgan fingerprint density at radius 3 is 2.85 bits per heavy atom. The summed E-state index contributed by atoms with van der Waals surface area (Å²) < 4.78 is 0. The predicted octanol–water partition coefficient (Wildman–Crippen LogP) is 1.10. The number of nitrogens with zero attached hydrogens (tertiary/aromatic N) is 1. The number of hydrogen-bond donors (Lipinski definition) is 1. The minimum absolute atomic E-state index is 0. The average Bonchev–Trinajstić information content (AvgIpc) is 2.17. The highest BCUT2D eigenvalue weighted by atomic mass is 16.1. The van der Waals surface area contributed by atoms with Gasteiger partial charge in [-0.1, -0.05) is 0 Å². The summed E-state index contributed by atoms with van der Waals surface area (Å²) in [7, 11) is 1.72. The summed E-state index contributed by atoms with van der Waals surface area (Å²) in [4.78, 5) is 13.8. The van der Waals surface area contributed by atoms with Gasteiger partial charge in [0.2, 0.25) is 5.91 Å². The number of carbonyl (C=O) groups excluding carboxylic acids is 1. The normalized spacial score (nSPS) is 24.8. The van der Waals surface area contributed by atoms with Crippen LogP contribution < -0.4 is 5.32 Å². The lowest BCUT2D eigenvalue weighted by Gasteiger charge is -2.34. The van der Waals surface area contributed by atoms with Gasteiger partial charge >= 0.3 is 0 Å². The Balaban J connectivity index is 0.00000169. The van der Waals surface area contributed by atoms with Crippen LogP contribution in [0.4, 0.5) is 0 Å². The molecular formula is C10H22N2O. The quantitative estimate of drug-likeness (QED) is 0.700. The largest absolute Gasteiger partial charge is 0.359 e. The standard InChI is InChI=1S/C10H20N2O.H2/c1-8(2)12-6-4-5-9(7-12)10(13)11-3;/h8-9H,4-7H2,1-3H3,(H,11,13);1H/t9-;/m0./s1. The molecule has 0 radical (unpaired) electrons. The number of amides is 1. The first-order valence-corrected chi connectivity index (χ1v) is 5.10. The van der Waals surface area contributed by atoms with Crippen LogP contribution in [-0.4, -0.2) is 37.0 Å². The molecule has 1 aliphatic rings. The lowest BCUT2D eigenvalue weighted by atomic mass is 9.96. The van der Waals surface area contributed by atoms with Gasteiger partial charge in [-0.3, -0.25) is 4.79 Å². The second-order valence-electron chi connectivity index (χ2n) is 4.04. The van der Waals surface area contributed by atoms with Crippen LogP contribution in [0.25, 0.3) is 0 Å². The van der Waals surface area contributed by atoms with Crippen molar-refractivity contribution in [2.24, 2.45) is 5.92 Å². The molecule has 1 amide bonds. The van der Waals surface area contributed by atoms with Gasteiger partial charge < -0.3 is 10.2 Å². The fourth-order valence-electron chi connectivity index (χ4n) is 1.89. The van der Waals surface area contributed by atoms with Crippen molar-refractivity contribution in [2.75, 3.05) is 20.1 Å². The third-order valence-corrected chi connectivity index (χ3v) is 2.80. The highest BCUT2D eigenvalue weighted by Gasteiger charge is 2.25. The van der Waals surface area contributed by atoms with E-state index in [0.29, 0.717) is 6.04 Å². The van der Waals surface area contributed by atoms with E-state index in [4.69, 9.17) is 0 Å². The van der Waals surface area contributed by atoms with Gasteiger partial charge in [0.05, 0.1) is 5.92 Å². The van der Waals surface area contributed by atoms with Crippen molar-refractivity contribution >= 4 is 5.91 Å². The highest BCUT2D eigenvalue weighted by Crippen LogP contribution is 2.18. The first-order chi connectivity index (χ1) is 6.15. The molecule has 13 heavy (non-hydrogen) atoms. The second-order valence-corrected chi connectivity index (χ2v) is 4.04. The van der Waals surface area contributed by atoms with Crippen molar-refractivity contribution < 1.29 is 6.22 Å². The smallest absolute Gasteiger partial charge is 0.224 e. The first-order valence-electron chi connectivity index (χ1n) is 5.10. The van der Waals surface area contributed by atoms with Crippen LogP contribution in [0.15, 0.2) is 0 Å². The number of carbonyl (C=O) groups is 1. The van der Waals surface area contributed by atoms with E-state index < -0.39 is 0 Å². The molecule has 78 valence electrons. The third-order valence-electron chi connectivity index (χ3n) is 2.80. The van der Waals surface area contributed by atoms with Crippen LogP contribution in [0.5, 0.6) is 0 Å². The van der Waals surface area contributed by atoms with E-state index >= 15 is 0 Å². The van der Waals surface area contributed by atoms with E-state index in [1.54, 1.807) is 7.05 Å². The molecule has 1 saturated heterocycles. The predicted molar refractivity (Wildman–Crippen MR) is 55.6 cm³/mol. The summed E-state index contributed by atoms with van der Waals surface area (Å²) in [6, 6.07) is 0.562. The fourth-order valence-corrected chi connectivity index (χ4v) is 1.89. The molecule has 0 aromatic rings. The van der Waals surface area contributed by atoms with Crippen LogP contribution in [0.1, 0.15) is 28.1 Å². The van der Waals surface area contributed by atoms with Crippen molar-refractivity contribution in [3.8, 4) is 0 Å². The van der Waals surface area contributed by atoms with Crippen LogP contribution in [0.3, 0.4) is 0 Å². The van der Waals surface area contributed by atoms with Crippen molar-refractivity contribution in [3.63, 3.8) is 0 Å². The third kappa shape index (κ3) is 2.69. The molecule has 0 spiro atoms. The zero-order chi connectivity index (χ0) is 9.84. The van der Waals surface area contributed by atoms with Crippen molar-refractivity contribution in [1.29, 1.82) is 0 Å². The van der Waals surface area contributed by atoms with Gasteiger partial charge in [0.15, 0.2) is 0 Å². The molecule has 1 heterocycles.